The fourth-order valence-electron chi connectivity index (χ4n) is 2.15. The number of amides is 1. The minimum absolute atomic E-state index is 0.0561. The van der Waals surface area contributed by atoms with Crippen LogP contribution in [0.5, 0.6) is 0 Å². The highest BCUT2D eigenvalue weighted by atomic mass is 79.9. The summed E-state index contributed by atoms with van der Waals surface area (Å²) in [7, 11) is 1.79. The lowest BCUT2D eigenvalue weighted by Gasteiger charge is -2.17. The average Bonchev–Trinajstić information content (AvgIpc) is 2.51. The third kappa shape index (κ3) is 5.67. The maximum atomic E-state index is 12.2. The number of benzene rings is 2. The van der Waals surface area contributed by atoms with Crippen LogP contribution in [0.2, 0.25) is 10.0 Å². The quantitative estimate of drug-likeness (QED) is 0.513. The van der Waals surface area contributed by atoms with Crippen molar-refractivity contribution in [3.63, 3.8) is 0 Å². The highest BCUT2D eigenvalue weighted by molar-refractivity contribution is 9.10. The first kappa shape index (κ1) is 19.7. The normalized spacial score (nSPS) is 10.8. The van der Waals surface area contributed by atoms with Crippen LogP contribution in [0.3, 0.4) is 0 Å². The molecule has 0 saturated carbocycles. The molecule has 1 N–H and O–H groups in total. The van der Waals surface area contributed by atoms with Gasteiger partial charge in [-0.25, -0.2) is 0 Å². The molecule has 25 heavy (non-hydrogen) atoms. The van der Waals surface area contributed by atoms with Crippen molar-refractivity contribution in [1.82, 2.24) is 4.90 Å². The third-order valence-electron chi connectivity index (χ3n) is 3.31. The second kappa shape index (κ2) is 8.62. The van der Waals surface area contributed by atoms with E-state index in [1.54, 1.807) is 24.1 Å². The number of non-ortho nitro benzene ring substituents is 1. The van der Waals surface area contributed by atoms with E-state index in [9.17, 15) is 14.9 Å². The van der Waals surface area contributed by atoms with Gasteiger partial charge in [-0.15, -0.1) is 0 Å². The summed E-state index contributed by atoms with van der Waals surface area (Å²) in [6, 6.07) is 9.36. The van der Waals surface area contributed by atoms with Gasteiger partial charge in [0.1, 0.15) is 0 Å². The summed E-state index contributed by atoms with van der Waals surface area (Å²) in [6.07, 6.45) is 0. The molecule has 0 aliphatic carbocycles. The molecule has 132 valence electrons. The zero-order valence-corrected chi connectivity index (χ0v) is 16.2. The molecule has 0 aliphatic rings. The number of halogens is 3. The Hall–Kier alpha value is -1.67. The predicted molar refractivity (Wildman–Crippen MR) is 102 cm³/mol. The Balaban J connectivity index is 1.96. The van der Waals surface area contributed by atoms with Gasteiger partial charge in [-0.3, -0.25) is 19.8 Å². The Morgan fingerprint density at radius 2 is 2.00 bits per heavy atom. The summed E-state index contributed by atoms with van der Waals surface area (Å²) in [4.78, 5) is 24.2. The van der Waals surface area contributed by atoms with Crippen LogP contribution < -0.4 is 5.32 Å². The number of anilines is 1. The number of nitrogens with one attached hydrogen (secondary N) is 1. The second-order valence-corrected chi connectivity index (χ2v) is 7.08. The molecule has 2 aromatic rings. The lowest BCUT2D eigenvalue weighted by Crippen LogP contribution is -2.30. The lowest BCUT2D eigenvalue weighted by atomic mass is 10.2. The minimum atomic E-state index is -0.500. The Morgan fingerprint density at radius 3 is 2.60 bits per heavy atom. The predicted octanol–water partition coefficient (Wildman–Crippen LogP) is 4.73. The van der Waals surface area contributed by atoms with Gasteiger partial charge in [0.2, 0.25) is 5.91 Å². The van der Waals surface area contributed by atoms with E-state index in [1.165, 1.54) is 18.2 Å². The number of nitro benzene ring substituents is 1. The molecular formula is C16H14BrCl2N3O3. The van der Waals surface area contributed by atoms with Crippen LogP contribution in [0.4, 0.5) is 11.4 Å². The van der Waals surface area contributed by atoms with E-state index in [4.69, 9.17) is 23.2 Å². The van der Waals surface area contributed by atoms with Crippen molar-refractivity contribution in [3.05, 3.63) is 66.6 Å². The molecule has 0 unspecified atom stereocenters. The molecule has 0 heterocycles. The summed E-state index contributed by atoms with van der Waals surface area (Å²) in [5.41, 5.74) is 1.27. The molecule has 0 saturated heterocycles. The van der Waals surface area contributed by atoms with E-state index in [-0.39, 0.29) is 18.1 Å². The van der Waals surface area contributed by atoms with Gasteiger partial charge in [-0.05, 0) is 46.7 Å². The van der Waals surface area contributed by atoms with Gasteiger partial charge in [0.15, 0.2) is 0 Å². The summed E-state index contributed by atoms with van der Waals surface area (Å²) < 4.78 is 0.443. The molecule has 0 atom stereocenters. The smallest absolute Gasteiger partial charge is 0.270 e. The first-order chi connectivity index (χ1) is 11.8. The van der Waals surface area contributed by atoms with Crippen LogP contribution in [-0.2, 0) is 11.3 Å². The maximum Gasteiger partial charge on any atom is 0.270 e. The van der Waals surface area contributed by atoms with E-state index in [2.05, 4.69) is 21.2 Å². The van der Waals surface area contributed by atoms with E-state index in [1.807, 2.05) is 6.07 Å². The molecule has 2 rings (SSSR count). The van der Waals surface area contributed by atoms with Crippen LogP contribution in [0, 0.1) is 10.1 Å². The molecule has 0 bridgehead atoms. The molecule has 0 aromatic heterocycles. The standard InChI is InChI=1S/C16H14BrCl2N3O3/c1-21(8-10-2-3-11(18)6-14(10)19)9-16(23)20-15-5-4-12(22(24)25)7-13(15)17/h2-7H,8-9H2,1H3,(H,20,23). The van der Waals surface area contributed by atoms with Crippen LogP contribution >= 0.6 is 39.1 Å². The summed E-state index contributed by atoms with van der Waals surface area (Å²) in [5, 5.41) is 14.5. The van der Waals surface area contributed by atoms with Gasteiger partial charge >= 0.3 is 0 Å². The first-order valence-corrected chi connectivity index (χ1v) is 8.67. The largest absolute Gasteiger partial charge is 0.324 e. The number of rotatable bonds is 6. The molecule has 1 amide bonds. The van der Waals surface area contributed by atoms with Crippen molar-refractivity contribution in [2.24, 2.45) is 0 Å². The van der Waals surface area contributed by atoms with Crippen molar-refractivity contribution in [2.45, 2.75) is 6.54 Å². The zero-order valence-electron chi connectivity index (χ0n) is 13.1. The van der Waals surface area contributed by atoms with Gasteiger partial charge in [0.05, 0.1) is 17.2 Å². The summed E-state index contributed by atoms with van der Waals surface area (Å²) in [5.74, 6) is -0.248. The number of hydrogen-bond donors (Lipinski definition) is 1. The Kier molecular flexibility index (Phi) is 6.78. The van der Waals surface area contributed by atoms with Crippen molar-refractivity contribution < 1.29 is 9.72 Å². The summed E-state index contributed by atoms with van der Waals surface area (Å²) >= 11 is 15.2. The number of nitro groups is 1. The number of carbonyl (C=O) groups excluding carboxylic acids is 1. The molecule has 9 heteroatoms. The van der Waals surface area contributed by atoms with Crippen LogP contribution in [0.1, 0.15) is 5.56 Å². The van der Waals surface area contributed by atoms with Crippen LogP contribution in [-0.4, -0.2) is 29.3 Å². The topological polar surface area (TPSA) is 75.5 Å². The van der Waals surface area contributed by atoms with Crippen molar-refractivity contribution >= 4 is 56.4 Å². The highest BCUT2D eigenvalue weighted by Gasteiger charge is 2.13. The molecule has 6 nitrogen and oxygen atoms in total. The Labute approximate surface area is 163 Å². The average molecular weight is 447 g/mol. The van der Waals surface area contributed by atoms with Crippen molar-refractivity contribution in [1.29, 1.82) is 0 Å². The summed E-state index contributed by atoms with van der Waals surface area (Å²) in [6.45, 7) is 0.604. The van der Waals surface area contributed by atoms with Crippen molar-refractivity contribution in [3.8, 4) is 0 Å². The van der Waals surface area contributed by atoms with Gasteiger partial charge in [0.25, 0.3) is 5.69 Å². The zero-order chi connectivity index (χ0) is 18.6. The molecule has 0 radical (unpaired) electrons. The van der Waals surface area contributed by atoms with Crippen molar-refractivity contribution in [2.75, 3.05) is 18.9 Å². The highest BCUT2D eigenvalue weighted by Crippen LogP contribution is 2.27. The van der Waals surface area contributed by atoms with Gasteiger partial charge in [-0.1, -0.05) is 29.3 Å². The fraction of sp³-hybridized carbons (Fsp3) is 0.188. The fourth-order valence-corrected chi connectivity index (χ4v) is 3.08. The monoisotopic (exact) mass is 445 g/mol. The van der Waals surface area contributed by atoms with Gasteiger partial charge in [-0.2, -0.15) is 0 Å². The van der Waals surface area contributed by atoms with E-state index in [0.717, 1.165) is 5.56 Å². The molecule has 0 aliphatic heterocycles. The van der Waals surface area contributed by atoms with E-state index in [0.29, 0.717) is 26.8 Å². The first-order valence-electron chi connectivity index (χ1n) is 7.12. The second-order valence-electron chi connectivity index (χ2n) is 5.38. The minimum Gasteiger partial charge on any atom is -0.324 e. The molecule has 0 fully saturated rings. The SMILES string of the molecule is CN(CC(=O)Nc1ccc([N+](=O)[O-])cc1Br)Cc1ccc(Cl)cc1Cl. The third-order valence-corrected chi connectivity index (χ3v) is 4.55. The molecule has 0 spiro atoms. The molecule has 2 aromatic carbocycles. The number of likely N-dealkylation sites (N-methyl/N-ethyl adjacent to an activating group) is 1. The van der Waals surface area contributed by atoms with Crippen LogP contribution in [0.15, 0.2) is 40.9 Å². The molecular weight excluding hydrogens is 433 g/mol. The Bertz CT molecular complexity index is 817. The van der Waals surface area contributed by atoms with Gasteiger partial charge < -0.3 is 5.32 Å². The number of nitrogens with zero attached hydrogens (tertiary/aromatic N) is 2. The van der Waals surface area contributed by atoms with E-state index < -0.39 is 4.92 Å². The maximum absolute atomic E-state index is 12.2. The number of carbonyl (C=O) groups is 1. The van der Waals surface area contributed by atoms with Crippen LogP contribution in [0.25, 0.3) is 0 Å². The Morgan fingerprint density at radius 1 is 1.28 bits per heavy atom. The van der Waals surface area contributed by atoms with Gasteiger partial charge in [0, 0.05) is 33.2 Å². The van der Waals surface area contributed by atoms with E-state index >= 15 is 0 Å². The lowest BCUT2D eigenvalue weighted by molar-refractivity contribution is -0.384. The number of hydrogen-bond acceptors (Lipinski definition) is 4.